The number of hydrogen-bond donors (Lipinski definition) is 1. The van der Waals surface area contributed by atoms with E-state index in [0.717, 1.165) is 25.7 Å². The third kappa shape index (κ3) is 3.45. The second-order valence-corrected chi connectivity index (χ2v) is 8.32. The molecule has 2 amide bonds. The van der Waals surface area contributed by atoms with E-state index in [1.54, 1.807) is 36.3 Å². The average Bonchev–Trinajstić information content (AvgIpc) is 3.50. The quantitative estimate of drug-likeness (QED) is 0.855. The molecule has 150 valence electrons. The summed E-state index contributed by atoms with van der Waals surface area (Å²) in [5.41, 5.74) is 0.432. The Morgan fingerprint density at radius 2 is 1.75 bits per heavy atom. The molecule has 1 saturated carbocycles. The van der Waals surface area contributed by atoms with E-state index in [4.69, 9.17) is 4.74 Å². The van der Waals surface area contributed by atoms with Crippen molar-refractivity contribution in [3.8, 4) is 5.75 Å². The van der Waals surface area contributed by atoms with Crippen LogP contribution in [0.15, 0.2) is 24.3 Å². The maximum absolute atomic E-state index is 12.8. The molecule has 0 aromatic heterocycles. The summed E-state index contributed by atoms with van der Waals surface area (Å²) in [4.78, 5) is 40.5. The number of carbonyl (C=O) groups excluding carboxylic acids is 2. The molecule has 0 radical (unpaired) electrons. The monoisotopic (exact) mass is 386 g/mol. The van der Waals surface area contributed by atoms with Gasteiger partial charge in [-0.25, -0.2) is 4.79 Å². The third-order valence-electron chi connectivity index (χ3n) is 6.45. The standard InChI is InChI=1S/C21H26N2O5/c1-28-16-6-4-14(5-7-16)18(24)22-10-8-21(9-11-22)12-17(20(26)27)23(13-21)19(25)15-2-3-15/h4-7,15,17H,2-3,8-13H2,1H3,(H,26,27). The normalized spacial score (nSPS) is 23.7. The molecule has 7 nitrogen and oxygen atoms in total. The molecule has 0 bridgehead atoms. The largest absolute Gasteiger partial charge is 0.497 e. The van der Waals surface area contributed by atoms with Crippen LogP contribution >= 0.6 is 0 Å². The Hall–Kier alpha value is -2.57. The minimum Gasteiger partial charge on any atom is -0.497 e. The molecular formula is C21H26N2O5. The predicted octanol–water partition coefficient (Wildman–Crippen LogP) is 2.01. The maximum atomic E-state index is 12.8. The Balaban J connectivity index is 1.41. The number of likely N-dealkylation sites (tertiary alicyclic amines) is 2. The Labute approximate surface area is 164 Å². The number of nitrogens with zero attached hydrogens (tertiary/aromatic N) is 2. The van der Waals surface area contributed by atoms with E-state index in [-0.39, 0.29) is 23.1 Å². The van der Waals surface area contributed by atoms with E-state index in [1.807, 2.05) is 4.90 Å². The number of ether oxygens (including phenoxy) is 1. The van der Waals surface area contributed by atoms with Gasteiger partial charge in [-0.15, -0.1) is 0 Å². The zero-order valence-electron chi connectivity index (χ0n) is 16.1. The lowest BCUT2D eigenvalue weighted by molar-refractivity contribution is -0.148. The smallest absolute Gasteiger partial charge is 0.326 e. The van der Waals surface area contributed by atoms with Gasteiger partial charge in [0.05, 0.1) is 7.11 Å². The third-order valence-corrected chi connectivity index (χ3v) is 6.45. The van der Waals surface area contributed by atoms with Crippen LogP contribution in [0.4, 0.5) is 0 Å². The van der Waals surface area contributed by atoms with Crippen molar-refractivity contribution in [3.05, 3.63) is 29.8 Å². The van der Waals surface area contributed by atoms with Gasteiger partial charge in [-0.1, -0.05) is 0 Å². The number of hydrogen-bond acceptors (Lipinski definition) is 4. The van der Waals surface area contributed by atoms with E-state index in [9.17, 15) is 19.5 Å². The lowest BCUT2D eigenvalue weighted by Crippen LogP contribution is -2.45. The lowest BCUT2D eigenvalue weighted by Gasteiger charge is -2.39. The summed E-state index contributed by atoms with van der Waals surface area (Å²) in [5.74, 6) is -0.200. The first-order valence-electron chi connectivity index (χ1n) is 9.89. The average molecular weight is 386 g/mol. The molecule has 1 aromatic carbocycles. The summed E-state index contributed by atoms with van der Waals surface area (Å²) in [7, 11) is 1.59. The van der Waals surface area contributed by atoms with Crippen LogP contribution in [0.1, 0.15) is 42.5 Å². The van der Waals surface area contributed by atoms with Gasteiger partial charge in [0.1, 0.15) is 11.8 Å². The van der Waals surface area contributed by atoms with Crippen molar-refractivity contribution in [3.63, 3.8) is 0 Å². The van der Waals surface area contributed by atoms with Crippen LogP contribution in [0, 0.1) is 11.3 Å². The summed E-state index contributed by atoms with van der Waals surface area (Å²) >= 11 is 0. The number of piperidine rings is 1. The molecule has 3 fully saturated rings. The first-order chi connectivity index (χ1) is 13.4. The Morgan fingerprint density at radius 1 is 1.11 bits per heavy atom. The Morgan fingerprint density at radius 3 is 2.29 bits per heavy atom. The molecule has 4 rings (SSSR count). The number of carboxylic acid groups (broad SMARTS) is 1. The maximum Gasteiger partial charge on any atom is 0.326 e. The number of amides is 2. The number of rotatable bonds is 4. The minimum absolute atomic E-state index is 0.000939. The molecular weight excluding hydrogens is 360 g/mol. The van der Waals surface area contributed by atoms with Crippen molar-refractivity contribution in [1.29, 1.82) is 0 Å². The zero-order valence-corrected chi connectivity index (χ0v) is 16.1. The predicted molar refractivity (Wildman–Crippen MR) is 101 cm³/mol. The van der Waals surface area contributed by atoms with Gasteiger partial charge in [-0.2, -0.15) is 0 Å². The van der Waals surface area contributed by atoms with Gasteiger partial charge < -0.3 is 19.6 Å². The van der Waals surface area contributed by atoms with Gasteiger partial charge in [-0.3, -0.25) is 9.59 Å². The van der Waals surface area contributed by atoms with Crippen LogP contribution in [-0.2, 0) is 9.59 Å². The minimum atomic E-state index is -0.914. The number of carboxylic acids is 1. The topological polar surface area (TPSA) is 87.2 Å². The van der Waals surface area contributed by atoms with Crippen LogP contribution in [0.3, 0.4) is 0 Å². The SMILES string of the molecule is COc1ccc(C(=O)N2CCC3(CC2)CC(C(=O)O)N(C(=O)C2CC2)C3)cc1. The van der Waals surface area contributed by atoms with Crippen molar-refractivity contribution in [2.45, 2.75) is 38.1 Å². The summed E-state index contributed by atoms with van der Waals surface area (Å²) < 4.78 is 5.13. The van der Waals surface area contributed by atoms with E-state index >= 15 is 0 Å². The Bertz CT molecular complexity index is 778. The summed E-state index contributed by atoms with van der Waals surface area (Å²) in [6.07, 6.45) is 3.70. The second kappa shape index (κ2) is 7.11. The zero-order chi connectivity index (χ0) is 19.9. The van der Waals surface area contributed by atoms with Crippen LogP contribution in [0.25, 0.3) is 0 Å². The van der Waals surface area contributed by atoms with Crippen LogP contribution < -0.4 is 4.74 Å². The summed E-state index contributed by atoms with van der Waals surface area (Å²) in [6, 6.07) is 6.34. The number of methoxy groups -OCH3 is 1. The molecule has 7 heteroatoms. The molecule has 2 saturated heterocycles. The summed E-state index contributed by atoms with van der Waals surface area (Å²) in [5, 5.41) is 9.61. The number of carbonyl (C=O) groups is 3. The highest BCUT2D eigenvalue weighted by molar-refractivity contribution is 5.94. The van der Waals surface area contributed by atoms with Gasteiger partial charge in [0.15, 0.2) is 0 Å². The molecule has 1 atom stereocenters. The molecule has 2 aliphatic heterocycles. The van der Waals surface area contributed by atoms with Gasteiger partial charge in [0.25, 0.3) is 5.91 Å². The van der Waals surface area contributed by atoms with Crippen molar-refractivity contribution in [1.82, 2.24) is 9.80 Å². The summed E-state index contributed by atoms with van der Waals surface area (Å²) in [6.45, 7) is 1.68. The van der Waals surface area contributed by atoms with E-state index in [0.29, 0.717) is 37.4 Å². The molecule has 1 aliphatic carbocycles. The molecule has 28 heavy (non-hydrogen) atoms. The van der Waals surface area contributed by atoms with Gasteiger partial charge in [0.2, 0.25) is 5.91 Å². The van der Waals surface area contributed by atoms with Gasteiger partial charge in [-0.05, 0) is 61.8 Å². The highest BCUT2D eigenvalue weighted by atomic mass is 16.5. The van der Waals surface area contributed by atoms with Gasteiger partial charge in [0, 0.05) is 31.1 Å². The highest BCUT2D eigenvalue weighted by Crippen LogP contribution is 2.45. The molecule has 3 aliphatic rings. The number of aliphatic carboxylic acids is 1. The molecule has 2 heterocycles. The molecule has 1 aromatic rings. The van der Waals surface area contributed by atoms with Gasteiger partial charge >= 0.3 is 5.97 Å². The highest BCUT2D eigenvalue weighted by Gasteiger charge is 2.52. The lowest BCUT2D eigenvalue weighted by atomic mass is 9.76. The van der Waals surface area contributed by atoms with E-state index < -0.39 is 12.0 Å². The van der Waals surface area contributed by atoms with Crippen molar-refractivity contribution in [2.75, 3.05) is 26.7 Å². The van der Waals surface area contributed by atoms with E-state index in [1.165, 1.54) is 0 Å². The fourth-order valence-corrected chi connectivity index (χ4v) is 4.54. The molecule has 1 unspecified atom stereocenters. The molecule has 1 spiro atoms. The molecule has 1 N–H and O–H groups in total. The number of benzene rings is 1. The Kier molecular flexibility index (Phi) is 4.77. The van der Waals surface area contributed by atoms with Crippen molar-refractivity contribution in [2.24, 2.45) is 11.3 Å². The fourth-order valence-electron chi connectivity index (χ4n) is 4.54. The fraction of sp³-hybridized carbons (Fsp3) is 0.571. The van der Waals surface area contributed by atoms with Crippen LogP contribution in [0.2, 0.25) is 0 Å². The first-order valence-corrected chi connectivity index (χ1v) is 9.89. The van der Waals surface area contributed by atoms with Crippen LogP contribution in [0.5, 0.6) is 5.75 Å². The first kappa shape index (κ1) is 18.8. The van der Waals surface area contributed by atoms with Crippen molar-refractivity contribution >= 4 is 17.8 Å². The van der Waals surface area contributed by atoms with E-state index in [2.05, 4.69) is 0 Å². The second-order valence-electron chi connectivity index (χ2n) is 8.32. The van der Waals surface area contributed by atoms with Crippen molar-refractivity contribution < 1.29 is 24.2 Å². The van der Waals surface area contributed by atoms with Crippen LogP contribution in [-0.4, -0.2) is 65.5 Å².